The number of aromatic nitrogens is 3. The summed E-state index contributed by atoms with van der Waals surface area (Å²) in [6.45, 7) is 5.42. The van der Waals surface area contributed by atoms with Crippen molar-refractivity contribution in [1.82, 2.24) is 14.8 Å². The smallest absolute Gasteiger partial charge is 0.140 e. The van der Waals surface area contributed by atoms with Crippen LogP contribution in [0.15, 0.2) is 6.33 Å². The van der Waals surface area contributed by atoms with E-state index in [0.717, 1.165) is 18.8 Å². The third-order valence-electron chi connectivity index (χ3n) is 2.46. The summed E-state index contributed by atoms with van der Waals surface area (Å²) in [7, 11) is 0. The van der Waals surface area contributed by atoms with Crippen molar-refractivity contribution in [3.63, 3.8) is 0 Å². The summed E-state index contributed by atoms with van der Waals surface area (Å²) in [4.78, 5) is 15.8. The lowest BCUT2D eigenvalue weighted by atomic mass is 10.0. The highest BCUT2D eigenvalue weighted by molar-refractivity contribution is 5.80. The molecule has 1 unspecified atom stereocenters. The van der Waals surface area contributed by atoms with Crippen LogP contribution in [0.5, 0.6) is 0 Å². The molecule has 90 valence electrons. The minimum absolute atomic E-state index is 0.184. The van der Waals surface area contributed by atoms with Crippen LogP contribution in [0.1, 0.15) is 32.5 Å². The highest BCUT2D eigenvalue weighted by Gasteiger charge is 2.12. The summed E-state index contributed by atoms with van der Waals surface area (Å²) in [6, 6.07) is 0. The van der Waals surface area contributed by atoms with E-state index in [1.807, 2.05) is 6.92 Å². The van der Waals surface area contributed by atoms with E-state index in [1.54, 1.807) is 4.68 Å². The summed E-state index contributed by atoms with van der Waals surface area (Å²) < 4.78 is 1.80. The molecule has 0 bridgehead atoms. The molecule has 0 fully saturated rings. The second kappa shape index (κ2) is 6.37. The van der Waals surface area contributed by atoms with Crippen LogP contribution in [0.4, 0.5) is 0 Å². The molecule has 0 aliphatic carbocycles. The summed E-state index contributed by atoms with van der Waals surface area (Å²) in [6.07, 6.45) is 3.38. The van der Waals surface area contributed by atoms with Crippen LogP contribution in [0, 0.1) is 5.92 Å². The molecular formula is C11H20N4O. The van der Waals surface area contributed by atoms with Gasteiger partial charge in [-0.2, -0.15) is 5.10 Å². The maximum Gasteiger partial charge on any atom is 0.140 e. The maximum atomic E-state index is 11.7. The summed E-state index contributed by atoms with van der Waals surface area (Å²) in [5.41, 5.74) is 5.49. The monoisotopic (exact) mass is 224 g/mol. The van der Waals surface area contributed by atoms with Gasteiger partial charge in [-0.3, -0.25) is 4.79 Å². The predicted molar refractivity (Wildman–Crippen MR) is 61.9 cm³/mol. The van der Waals surface area contributed by atoms with Crippen LogP contribution < -0.4 is 5.73 Å². The minimum Gasteiger partial charge on any atom is -0.330 e. The van der Waals surface area contributed by atoms with Crippen molar-refractivity contribution in [3.05, 3.63) is 12.2 Å². The van der Waals surface area contributed by atoms with Crippen LogP contribution in [0.25, 0.3) is 0 Å². The molecule has 5 nitrogen and oxygen atoms in total. The van der Waals surface area contributed by atoms with Gasteiger partial charge >= 0.3 is 0 Å². The SMILES string of the molecule is CCCn1ncnc1CC(=O)CC(C)CN. The summed E-state index contributed by atoms with van der Waals surface area (Å²) in [5, 5.41) is 4.09. The Morgan fingerprint density at radius 3 is 3.00 bits per heavy atom. The number of aryl methyl sites for hydroxylation is 1. The lowest BCUT2D eigenvalue weighted by Gasteiger charge is -2.07. The normalized spacial score (nSPS) is 12.7. The Morgan fingerprint density at radius 2 is 2.38 bits per heavy atom. The Labute approximate surface area is 96.0 Å². The van der Waals surface area contributed by atoms with Crippen molar-refractivity contribution in [2.45, 2.75) is 39.7 Å². The van der Waals surface area contributed by atoms with E-state index in [1.165, 1.54) is 6.33 Å². The molecule has 0 aliphatic rings. The second-order valence-corrected chi connectivity index (χ2v) is 4.16. The fourth-order valence-corrected chi connectivity index (χ4v) is 1.54. The predicted octanol–water partition coefficient (Wildman–Crippen LogP) is 0.785. The Bertz CT molecular complexity index is 334. The first kappa shape index (κ1) is 12.8. The van der Waals surface area contributed by atoms with Crippen LogP contribution in [-0.4, -0.2) is 27.1 Å². The molecule has 0 saturated carbocycles. The van der Waals surface area contributed by atoms with Crippen molar-refractivity contribution < 1.29 is 4.79 Å². The Balaban J connectivity index is 2.52. The number of carbonyl (C=O) groups is 1. The zero-order valence-corrected chi connectivity index (χ0v) is 10.0. The second-order valence-electron chi connectivity index (χ2n) is 4.16. The lowest BCUT2D eigenvalue weighted by molar-refractivity contribution is -0.119. The first-order chi connectivity index (χ1) is 7.67. The number of rotatable bonds is 7. The Hall–Kier alpha value is -1.23. The molecule has 0 spiro atoms. The van der Waals surface area contributed by atoms with Gasteiger partial charge in [-0.1, -0.05) is 13.8 Å². The van der Waals surface area contributed by atoms with Gasteiger partial charge < -0.3 is 5.73 Å². The molecule has 0 saturated heterocycles. The van der Waals surface area contributed by atoms with Gasteiger partial charge in [-0.25, -0.2) is 9.67 Å². The molecule has 1 aromatic heterocycles. The summed E-state index contributed by atoms with van der Waals surface area (Å²) in [5.74, 6) is 1.19. The topological polar surface area (TPSA) is 73.8 Å². The lowest BCUT2D eigenvalue weighted by Crippen LogP contribution is -2.18. The average molecular weight is 224 g/mol. The largest absolute Gasteiger partial charge is 0.330 e. The van der Waals surface area contributed by atoms with Crippen LogP contribution in [0.2, 0.25) is 0 Å². The first-order valence-electron chi connectivity index (χ1n) is 5.75. The molecule has 16 heavy (non-hydrogen) atoms. The molecule has 2 N–H and O–H groups in total. The van der Waals surface area contributed by atoms with Crippen molar-refractivity contribution in [2.24, 2.45) is 11.7 Å². The molecule has 0 aliphatic heterocycles. The van der Waals surface area contributed by atoms with Crippen molar-refractivity contribution in [1.29, 1.82) is 0 Å². The molecule has 0 radical (unpaired) electrons. The molecule has 0 aromatic carbocycles. The van der Waals surface area contributed by atoms with E-state index < -0.39 is 0 Å². The third-order valence-corrected chi connectivity index (χ3v) is 2.46. The standard InChI is InChI=1S/C11H20N4O/c1-3-4-15-11(13-8-14-15)6-10(16)5-9(2)7-12/h8-9H,3-7,12H2,1-2H3. The van der Waals surface area contributed by atoms with Gasteiger partial charge in [0.05, 0.1) is 6.42 Å². The highest BCUT2D eigenvalue weighted by atomic mass is 16.1. The number of carbonyl (C=O) groups excluding carboxylic acids is 1. The molecule has 1 aromatic rings. The van der Waals surface area contributed by atoms with Gasteiger partial charge in [-0.15, -0.1) is 0 Å². The van der Waals surface area contributed by atoms with Gasteiger partial charge in [0.2, 0.25) is 0 Å². The number of nitrogens with zero attached hydrogens (tertiary/aromatic N) is 3. The molecule has 5 heteroatoms. The number of nitrogens with two attached hydrogens (primary N) is 1. The molecule has 1 heterocycles. The third kappa shape index (κ3) is 3.73. The molecule has 0 amide bonds. The van der Waals surface area contributed by atoms with E-state index in [9.17, 15) is 4.79 Å². The average Bonchev–Trinajstić information content (AvgIpc) is 2.66. The number of Topliss-reactive ketones (excluding diaryl/α,β-unsaturated/α-hetero) is 1. The molecular weight excluding hydrogens is 204 g/mol. The van der Waals surface area contributed by atoms with Gasteiger partial charge in [0, 0.05) is 13.0 Å². The Kier molecular flexibility index (Phi) is 5.11. The zero-order chi connectivity index (χ0) is 12.0. The van der Waals surface area contributed by atoms with Crippen molar-refractivity contribution in [2.75, 3.05) is 6.54 Å². The van der Waals surface area contributed by atoms with Gasteiger partial charge in [-0.05, 0) is 18.9 Å². The van der Waals surface area contributed by atoms with E-state index >= 15 is 0 Å². The number of hydrogen-bond donors (Lipinski definition) is 1. The van der Waals surface area contributed by atoms with Crippen LogP contribution in [0.3, 0.4) is 0 Å². The van der Waals surface area contributed by atoms with E-state index in [4.69, 9.17) is 5.73 Å². The fourth-order valence-electron chi connectivity index (χ4n) is 1.54. The number of ketones is 1. The van der Waals surface area contributed by atoms with Crippen molar-refractivity contribution in [3.8, 4) is 0 Å². The van der Waals surface area contributed by atoms with Crippen LogP contribution in [-0.2, 0) is 17.8 Å². The number of hydrogen-bond acceptors (Lipinski definition) is 4. The van der Waals surface area contributed by atoms with Gasteiger partial charge in [0.25, 0.3) is 0 Å². The van der Waals surface area contributed by atoms with Crippen LogP contribution >= 0.6 is 0 Å². The fraction of sp³-hybridized carbons (Fsp3) is 0.727. The zero-order valence-electron chi connectivity index (χ0n) is 10.0. The van der Waals surface area contributed by atoms with Gasteiger partial charge in [0.1, 0.15) is 17.9 Å². The van der Waals surface area contributed by atoms with E-state index in [0.29, 0.717) is 19.4 Å². The molecule has 1 atom stereocenters. The molecule has 1 rings (SSSR count). The van der Waals surface area contributed by atoms with E-state index in [-0.39, 0.29) is 11.7 Å². The first-order valence-corrected chi connectivity index (χ1v) is 5.75. The minimum atomic E-state index is 0.184. The Morgan fingerprint density at radius 1 is 1.62 bits per heavy atom. The van der Waals surface area contributed by atoms with E-state index in [2.05, 4.69) is 17.0 Å². The van der Waals surface area contributed by atoms with Crippen molar-refractivity contribution >= 4 is 5.78 Å². The maximum absolute atomic E-state index is 11.7. The van der Waals surface area contributed by atoms with Gasteiger partial charge in [0.15, 0.2) is 0 Å². The summed E-state index contributed by atoms with van der Waals surface area (Å²) >= 11 is 0. The highest BCUT2D eigenvalue weighted by Crippen LogP contribution is 2.05. The quantitative estimate of drug-likeness (QED) is 0.743.